The molecule has 0 bridgehead atoms. The summed E-state index contributed by atoms with van der Waals surface area (Å²) in [5, 5.41) is 19.2. The van der Waals surface area contributed by atoms with Gasteiger partial charge >= 0.3 is 0 Å². The Labute approximate surface area is 89.4 Å². The molecule has 0 aliphatic heterocycles. The van der Waals surface area contributed by atoms with Gasteiger partial charge in [-0.05, 0) is 17.5 Å². The van der Waals surface area contributed by atoms with Crippen molar-refractivity contribution in [1.29, 1.82) is 5.26 Å². The Kier molecular flexibility index (Phi) is 2.77. The van der Waals surface area contributed by atoms with Crippen LogP contribution < -0.4 is 0 Å². The molecule has 14 heavy (non-hydrogen) atoms. The summed E-state index contributed by atoms with van der Waals surface area (Å²) >= 11 is 3.09. The SMILES string of the molecule is N#Cc1ccnnc1Sc1cccs1. The third-order valence-corrected chi connectivity index (χ3v) is 3.53. The van der Waals surface area contributed by atoms with Crippen molar-refractivity contribution in [2.24, 2.45) is 0 Å². The molecule has 0 aromatic carbocycles. The standard InChI is InChI=1S/C9H5N3S2/c10-6-7-3-4-11-12-9(7)14-8-2-1-5-13-8/h1-5H. The van der Waals surface area contributed by atoms with Crippen molar-refractivity contribution in [3.05, 3.63) is 35.3 Å². The first-order chi connectivity index (χ1) is 6.90. The highest BCUT2D eigenvalue weighted by atomic mass is 32.2. The van der Waals surface area contributed by atoms with Crippen LogP contribution in [-0.4, -0.2) is 10.2 Å². The van der Waals surface area contributed by atoms with Gasteiger partial charge in [-0.25, -0.2) is 0 Å². The Hall–Kier alpha value is -1.38. The summed E-state index contributed by atoms with van der Waals surface area (Å²) in [5.41, 5.74) is 0.568. The molecule has 0 radical (unpaired) electrons. The Bertz CT molecular complexity index is 459. The summed E-state index contributed by atoms with van der Waals surface area (Å²) in [7, 11) is 0. The third-order valence-electron chi connectivity index (χ3n) is 1.50. The number of thiophene rings is 1. The monoisotopic (exact) mass is 219 g/mol. The molecule has 2 heterocycles. The van der Waals surface area contributed by atoms with Crippen LogP contribution in [0.5, 0.6) is 0 Å². The van der Waals surface area contributed by atoms with Crippen LogP contribution in [0.2, 0.25) is 0 Å². The average Bonchev–Trinajstić information content (AvgIpc) is 2.71. The summed E-state index contributed by atoms with van der Waals surface area (Å²) in [4.78, 5) is 0. The molecule has 0 atom stereocenters. The van der Waals surface area contributed by atoms with Gasteiger partial charge in [-0.15, -0.1) is 16.4 Å². The maximum Gasteiger partial charge on any atom is 0.142 e. The molecule has 2 aromatic rings. The number of hydrogen-bond donors (Lipinski definition) is 0. The van der Waals surface area contributed by atoms with E-state index in [2.05, 4.69) is 16.3 Å². The lowest BCUT2D eigenvalue weighted by Gasteiger charge is -1.97. The fourth-order valence-electron chi connectivity index (χ4n) is 0.896. The van der Waals surface area contributed by atoms with Gasteiger partial charge in [0.1, 0.15) is 11.1 Å². The molecule has 0 aliphatic carbocycles. The second-order valence-corrected chi connectivity index (χ2v) is 4.63. The van der Waals surface area contributed by atoms with E-state index in [0.29, 0.717) is 10.6 Å². The number of rotatable bonds is 2. The first-order valence-corrected chi connectivity index (χ1v) is 5.53. The summed E-state index contributed by atoms with van der Waals surface area (Å²) < 4.78 is 1.11. The second-order valence-electron chi connectivity index (χ2n) is 2.40. The molecule has 0 fully saturated rings. The van der Waals surface area contributed by atoms with Crippen molar-refractivity contribution in [3.8, 4) is 6.07 Å². The van der Waals surface area contributed by atoms with Gasteiger partial charge in [-0.3, -0.25) is 0 Å². The fraction of sp³-hybridized carbons (Fsp3) is 0. The van der Waals surface area contributed by atoms with Crippen LogP contribution >= 0.6 is 23.1 Å². The zero-order chi connectivity index (χ0) is 9.80. The van der Waals surface area contributed by atoms with Gasteiger partial charge in [0.25, 0.3) is 0 Å². The normalized spacial score (nSPS) is 9.64. The number of aromatic nitrogens is 2. The van der Waals surface area contributed by atoms with E-state index in [4.69, 9.17) is 5.26 Å². The Morgan fingerprint density at radius 3 is 3.07 bits per heavy atom. The van der Waals surface area contributed by atoms with Gasteiger partial charge in [0, 0.05) is 0 Å². The van der Waals surface area contributed by atoms with E-state index in [9.17, 15) is 0 Å². The van der Waals surface area contributed by atoms with Crippen molar-refractivity contribution in [2.75, 3.05) is 0 Å². The van der Waals surface area contributed by atoms with Crippen molar-refractivity contribution >= 4 is 23.1 Å². The summed E-state index contributed by atoms with van der Waals surface area (Å²) in [6, 6.07) is 7.72. The van der Waals surface area contributed by atoms with Crippen LogP contribution in [0.15, 0.2) is 39.0 Å². The van der Waals surface area contributed by atoms with Crippen LogP contribution in [0.4, 0.5) is 0 Å². The van der Waals surface area contributed by atoms with Crippen LogP contribution in [0.3, 0.4) is 0 Å². The largest absolute Gasteiger partial charge is 0.192 e. The van der Waals surface area contributed by atoms with Crippen LogP contribution in [-0.2, 0) is 0 Å². The van der Waals surface area contributed by atoms with E-state index in [0.717, 1.165) is 4.21 Å². The summed E-state index contributed by atoms with van der Waals surface area (Å²) in [6.45, 7) is 0. The van der Waals surface area contributed by atoms with E-state index >= 15 is 0 Å². The quantitative estimate of drug-likeness (QED) is 0.778. The lowest BCUT2D eigenvalue weighted by atomic mass is 10.3. The highest BCUT2D eigenvalue weighted by Gasteiger charge is 2.05. The molecular formula is C9H5N3S2. The van der Waals surface area contributed by atoms with E-state index in [1.165, 1.54) is 18.0 Å². The van der Waals surface area contributed by atoms with Crippen molar-refractivity contribution in [2.45, 2.75) is 9.24 Å². The molecule has 0 unspecified atom stereocenters. The summed E-state index contributed by atoms with van der Waals surface area (Å²) in [6.07, 6.45) is 1.52. The molecule has 0 spiro atoms. The van der Waals surface area contributed by atoms with Crippen LogP contribution in [0.1, 0.15) is 5.56 Å². The minimum absolute atomic E-state index is 0.568. The number of hydrogen-bond acceptors (Lipinski definition) is 5. The zero-order valence-electron chi connectivity index (χ0n) is 7.04. The van der Waals surface area contributed by atoms with Gasteiger partial charge in [-0.1, -0.05) is 17.8 Å². The lowest BCUT2D eigenvalue weighted by molar-refractivity contribution is 0.920. The second kappa shape index (κ2) is 4.22. The molecule has 0 saturated heterocycles. The summed E-state index contributed by atoms with van der Waals surface area (Å²) in [5.74, 6) is 0. The fourth-order valence-corrected chi connectivity index (χ4v) is 2.59. The predicted molar refractivity (Wildman–Crippen MR) is 55.2 cm³/mol. The molecule has 2 aromatic heterocycles. The maximum atomic E-state index is 8.82. The Morgan fingerprint density at radius 2 is 2.36 bits per heavy atom. The number of nitrogens with zero attached hydrogens (tertiary/aromatic N) is 3. The molecule has 68 valence electrons. The Balaban J connectivity index is 2.30. The highest BCUT2D eigenvalue weighted by Crippen LogP contribution is 2.31. The molecule has 0 amide bonds. The topological polar surface area (TPSA) is 49.6 Å². The molecule has 2 rings (SSSR count). The molecule has 0 aliphatic rings. The molecule has 5 heteroatoms. The predicted octanol–water partition coefficient (Wildman–Crippen LogP) is 2.56. The van der Waals surface area contributed by atoms with Gasteiger partial charge < -0.3 is 0 Å². The molecular weight excluding hydrogens is 214 g/mol. The first-order valence-electron chi connectivity index (χ1n) is 3.83. The molecule has 3 nitrogen and oxygen atoms in total. The third kappa shape index (κ3) is 1.92. The first kappa shape index (κ1) is 9.19. The van der Waals surface area contributed by atoms with E-state index in [1.807, 2.05) is 17.5 Å². The Morgan fingerprint density at radius 1 is 1.43 bits per heavy atom. The average molecular weight is 219 g/mol. The molecule has 0 saturated carbocycles. The van der Waals surface area contributed by atoms with Crippen LogP contribution in [0, 0.1) is 11.3 Å². The van der Waals surface area contributed by atoms with Gasteiger partial charge in [0.15, 0.2) is 0 Å². The van der Waals surface area contributed by atoms with Crippen molar-refractivity contribution in [3.63, 3.8) is 0 Å². The minimum Gasteiger partial charge on any atom is -0.192 e. The van der Waals surface area contributed by atoms with Crippen molar-refractivity contribution in [1.82, 2.24) is 10.2 Å². The van der Waals surface area contributed by atoms with E-state index < -0.39 is 0 Å². The van der Waals surface area contributed by atoms with Crippen molar-refractivity contribution < 1.29 is 0 Å². The van der Waals surface area contributed by atoms with Gasteiger partial charge in [-0.2, -0.15) is 10.4 Å². The van der Waals surface area contributed by atoms with Gasteiger partial charge in [0.2, 0.25) is 0 Å². The molecule has 0 N–H and O–H groups in total. The lowest BCUT2D eigenvalue weighted by Crippen LogP contribution is -1.87. The van der Waals surface area contributed by atoms with Gasteiger partial charge in [0.05, 0.1) is 16.0 Å². The van der Waals surface area contributed by atoms with Crippen LogP contribution in [0.25, 0.3) is 0 Å². The number of nitriles is 1. The van der Waals surface area contributed by atoms with E-state index in [1.54, 1.807) is 17.4 Å². The zero-order valence-corrected chi connectivity index (χ0v) is 8.68. The smallest absolute Gasteiger partial charge is 0.142 e. The van der Waals surface area contributed by atoms with E-state index in [-0.39, 0.29) is 0 Å². The maximum absolute atomic E-state index is 8.82. The highest BCUT2D eigenvalue weighted by molar-refractivity contribution is 8.01. The minimum atomic E-state index is 0.568.